The number of carbonyl (C=O) groups excluding carboxylic acids is 1. The van der Waals surface area contributed by atoms with Gasteiger partial charge in [0.15, 0.2) is 0 Å². The molecule has 7 heteroatoms. The molecule has 1 amide bonds. The highest BCUT2D eigenvalue weighted by atomic mass is 32.2. The Morgan fingerprint density at radius 3 is 2.43 bits per heavy atom. The van der Waals surface area contributed by atoms with Gasteiger partial charge in [0.05, 0.1) is 12.3 Å². The highest BCUT2D eigenvalue weighted by Gasteiger charge is 2.29. The van der Waals surface area contributed by atoms with Gasteiger partial charge in [0.2, 0.25) is 15.9 Å². The lowest BCUT2D eigenvalue weighted by atomic mass is 9.96. The zero-order valence-corrected chi connectivity index (χ0v) is 13.1. The fourth-order valence-corrected chi connectivity index (χ4v) is 3.39. The Bertz CT molecular complexity index is 581. The maximum atomic E-state index is 12.2. The standard InChI is InChI=1S/C14H21N3O3S/c1-11(12-3-7-15-8-4-12)16-14(18)13-5-9-17(10-6-13)21(2,19)20/h3-4,7-8,11,13H,5-6,9-10H2,1-2H3,(H,16,18). The molecule has 0 aliphatic carbocycles. The van der Waals surface area contributed by atoms with Gasteiger partial charge in [0.1, 0.15) is 0 Å². The van der Waals surface area contributed by atoms with Crippen molar-refractivity contribution in [3.63, 3.8) is 0 Å². The quantitative estimate of drug-likeness (QED) is 0.897. The van der Waals surface area contributed by atoms with Gasteiger partial charge in [-0.2, -0.15) is 0 Å². The third-order valence-electron chi connectivity index (χ3n) is 3.86. The Hall–Kier alpha value is -1.47. The highest BCUT2D eigenvalue weighted by Crippen LogP contribution is 2.20. The van der Waals surface area contributed by atoms with Crippen LogP contribution in [0.15, 0.2) is 24.5 Å². The van der Waals surface area contributed by atoms with E-state index in [9.17, 15) is 13.2 Å². The first-order valence-corrected chi connectivity index (χ1v) is 8.88. The van der Waals surface area contributed by atoms with E-state index in [4.69, 9.17) is 0 Å². The zero-order valence-electron chi connectivity index (χ0n) is 12.3. The van der Waals surface area contributed by atoms with Crippen molar-refractivity contribution >= 4 is 15.9 Å². The van der Waals surface area contributed by atoms with Crippen LogP contribution in [0.1, 0.15) is 31.4 Å². The second-order valence-corrected chi connectivity index (χ2v) is 7.43. The number of pyridine rings is 1. The van der Waals surface area contributed by atoms with Gasteiger partial charge in [-0.05, 0) is 37.5 Å². The third kappa shape index (κ3) is 4.25. The van der Waals surface area contributed by atoms with Gasteiger partial charge < -0.3 is 5.32 Å². The minimum atomic E-state index is -3.15. The topological polar surface area (TPSA) is 79.4 Å². The first-order chi connectivity index (χ1) is 9.88. The predicted molar refractivity (Wildman–Crippen MR) is 79.9 cm³/mol. The maximum absolute atomic E-state index is 12.2. The van der Waals surface area contributed by atoms with E-state index in [1.54, 1.807) is 12.4 Å². The summed E-state index contributed by atoms with van der Waals surface area (Å²) in [7, 11) is -3.15. The normalized spacial score (nSPS) is 19.1. The van der Waals surface area contributed by atoms with E-state index in [2.05, 4.69) is 10.3 Å². The Morgan fingerprint density at radius 1 is 1.33 bits per heavy atom. The van der Waals surface area contributed by atoms with E-state index >= 15 is 0 Å². The van der Waals surface area contributed by atoms with Crippen molar-refractivity contribution in [2.45, 2.75) is 25.8 Å². The molecular weight excluding hydrogens is 290 g/mol. The average Bonchev–Trinajstić information content (AvgIpc) is 2.47. The Kier molecular flexibility index (Phi) is 4.95. The second-order valence-electron chi connectivity index (χ2n) is 5.45. The molecule has 0 radical (unpaired) electrons. The van der Waals surface area contributed by atoms with Crippen LogP contribution in [0.5, 0.6) is 0 Å². The lowest BCUT2D eigenvalue weighted by molar-refractivity contribution is -0.126. The van der Waals surface area contributed by atoms with Crippen LogP contribution in [0.25, 0.3) is 0 Å². The molecule has 1 unspecified atom stereocenters. The number of nitrogens with zero attached hydrogens (tertiary/aromatic N) is 2. The summed E-state index contributed by atoms with van der Waals surface area (Å²) < 4.78 is 24.3. The summed E-state index contributed by atoms with van der Waals surface area (Å²) in [6.07, 6.45) is 5.74. The molecule has 0 aromatic carbocycles. The average molecular weight is 311 g/mol. The largest absolute Gasteiger partial charge is 0.349 e. The van der Waals surface area contributed by atoms with Crippen LogP contribution < -0.4 is 5.32 Å². The summed E-state index contributed by atoms with van der Waals surface area (Å²) in [5, 5.41) is 2.98. The van der Waals surface area contributed by atoms with Crippen LogP contribution in [0.4, 0.5) is 0 Å². The fourth-order valence-electron chi connectivity index (χ4n) is 2.52. The van der Waals surface area contributed by atoms with E-state index in [-0.39, 0.29) is 17.9 Å². The number of aromatic nitrogens is 1. The van der Waals surface area contributed by atoms with E-state index in [1.165, 1.54) is 10.6 Å². The molecule has 1 aliphatic rings. The second kappa shape index (κ2) is 6.53. The first-order valence-electron chi connectivity index (χ1n) is 7.03. The fraction of sp³-hybridized carbons (Fsp3) is 0.571. The van der Waals surface area contributed by atoms with Gasteiger partial charge in [0.25, 0.3) is 0 Å². The van der Waals surface area contributed by atoms with Crippen LogP contribution in [-0.4, -0.2) is 43.0 Å². The molecule has 0 saturated carbocycles. The molecule has 1 N–H and O–H groups in total. The number of amides is 1. The van der Waals surface area contributed by atoms with Crippen LogP contribution in [-0.2, 0) is 14.8 Å². The van der Waals surface area contributed by atoms with Crippen molar-refractivity contribution in [3.05, 3.63) is 30.1 Å². The minimum absolute atomic E-state index is 0.00698. The molecule has 6 nitrogen and oxygen atoms in total. The van der Waals surface area contributed by atoms with Gasteiger partial charge in [-0.25, -0.2) is 12.7 Å². The zero-order chi connectivity index (χ0) is 15.5. The van der Waals surface area contributed by atoms with Crippen molar-refractivity contribution < 1.29 is 13.2 Å². The summed E-state index contributed by atoms with van der Waals surface area (Å²) in [6, 6.07) is 3.67. The Labute approximate surface area is 125 Å². The molecule has 1 aromatic heterocycles. The van der Waals surface area contributed by atoms with Gasteiger partial charge in [-0.3, -0.25) is 9.78 Å². The van der Waals surface area contributed by atoms with E-state index in [0.29, 0.717) is 25.9 Å². The van der Waals surface area contributed by atoms with Crippen molar-refractivity contribution in [1.29, 1.82) is 0 Å². The first kappa shape index (κ1) is 15.9. The molecule has 1 aliphatic heterocycles. The smallest absolute Gasteiger partial charge is 0.223 e. The Morgan fingerprint density at radius 2 is 1.90 bits per heavy atom. The molecule has 1 saturated heterocycles. The van der Waals surface area contributed by atoms with Gasteiger partial charge in [-0.1, -0.05) is 0 Å². The summed E-state index contributed by atoms with van der Waals surface area (Å²) in [5.41, 5.74) is 1.01. The molecule has 0 spiro atoms. The number of carbonyl (C=O) groups is 1. The summed E-state index contributed by atoms with van der Waals surface area (Å²) in [4.78, 5) is 16.2. The minimum Gasteiger partial charge on any atom is -0.349 e. The van der Waals surface area contributed by atoms with Crippen LogP contribution >= 0.6 is 0 Å². The number of sulfonamides is 1. The third-order valence-corrected chi connectivity index (χ3v) is 5.16. The van der Waals surface area contributed by atoms with E-state index in [0.717, 1.165) is 5.56 Å². The molecule has 1 fully saturated rings. The summed E-state index contributed by atoms with van der Waals surface area (Å²) in [6.45, 7) is 2.76. The monoisotopic (exact) mass is 311 g/mol. The van der Waals surface area contributed by atoms with Crippen LogP contribution in [0.2, 0.25) is 0 Å². The lowest BCUT2D eigenvalue weighted by Gasteiger charge is -2.30. The predicted octanol–water partition coefficient (Wildman–Crippen LogP) is 0.930. The maximum Gasteiger partial charge on any atom is 0.223 e. The number of hydrogen-bond donors (Lipinski definition) is 1. The number of hydrogen-bond acceptors (Lipinski definition) is 4. The summed E-state index contributed by atoms with van der Waals surface area (Å²) in [5.74, 6) is -0.125. The Balaban J connectivity index is 1.88. The molecule has 21 heavy (non-hydrogen) atoms. The number of nitrogens with one attached hydrogen (secondary N) is 1. The molecule has 1 aromatic rings. The SMILES string of the molecule is CC(NC(=O)C1CCN(S(C)(=O)=O)CC1)c1ccncc1. The number of rotatable bonds is 4. The van der Waals surface area contributed by atoms with Crippen LogP contribution in [0.3, 0.4) is 0 Å². The van der Waals surface area contributed by atoms with Crippen molar-refractivity contribution in [1.82, 2.24) is 14.6 Å². The molecular formula is C14H21N3O3S. The van der Waals surface area contributed by atoms with Crippen LogP contribution in [0, 0.1) is 5.92 Å². The summed E-state index contributed by atoms with van der Waals surface area (Å²) >= 11 is 0. The highest BCUT2D eigenvalue weighted by molar-refractivity contribution is 7.88. The van der Waals surface area contributed by atoms with Gasteiger partial charge in [0, 0.05) is 31.4 Å². The van der Waals surface area contributed by atoms with E-state index in [1.807, 2.05) is 19.1 Å². The van der Waals surface area contributed by atoms with Crippen molar-refractivity contribution in [2.24, 2.45) is 5.92 Å². The van der Waals surface area contributed by atoms with Crippen molar-refractivity contribution in [3.8, 4) is 0 Å². The molecule has 1 atom stereocenters. The lowest BCUT2D eigenvalue weighted by Crippen LogP contribution is -2.43. The van der Waals surface area contributed by atoms with E-state index < -0.39 is 10.0 Å². The van der Waals surface area contributed by atoms with Gasteiger partial charge >= 0.3 is 0 Å². The van der Waals surface area contributed by atoms with Gasteiger partial charge in [-0.15, -0.1) is 0 Å². The molecule has 116 valence electrons. The molecule has 2 heterocycles. The number of piperidine rings is 1. The van der Waals surface area contributed by atoms with Crippen molar-refractivity contribution in [2.75, 3.05) is 19.3 Å². The molecule has 0 bridgehead atoms. The molecule has 2 rings (SSSR count).